The van der Waals surface area contributed by atoms with Gasteiger partial charge in [0.1, 0.15) is 5.75 Å². The minimum atomic E-state index is -1.26. The highest BCUT2D eigenvalue weighted by molar-refractivity contribution is 7.95. The van der Waals surface area contributed by atoms with Gasteiger partial charge in [-0.2, -0.15) is 0 Å². The van der Waals surface area contributed by atoms with Gasteiger partial charge in [-0.05, 0) is 23.8 Å². The van der Waals surface area contributed by atoms with Crippen molar-refractivity contribution in [2.24, 2.45) is 0 Å². The molecule has 0 aliphatic heterocycles. The van der Waals surface area contributed by atoms with Crippen LogP contribution in [0, 0.1) is 5.41 Å². The van der Waals surface area contributed by atoms with E-state index in [-0.39, 0.29) is 35.7 Å². The first-order valence-corrected chi connectivity index (χ1v) is 8.09. The lowest BCUT2D eigenvalue weighted by Gasteiger charge is -2.15. The smallest absolute Gasteiger partial charge is 0.337 e. The molecular formula is C17H16FN3O4S. The molecule has 2 aromatic rings. The molecule has 0 aliphatic carbocycles. The van der Waals surface area contributed by atoms with Crippen LogP contribution in [0.2, 0.25) is 0 Å². The van der Waals surface area contributed by atoms with Crippen molar-refractivity contribution in [3.63, 3.8) is 0 Å². The van der Waals surface area contributed by atoms with Crippen molar-refractivity contribution in [3.05, 3.63) is 58.7 Å². The van der Waals surface area contributed by atoms with Gasteiger partial charge >= 0.3 is 5.97 Å². The number of para-hydroxylation sites is 1. The molecule has 0 spiro atoms. The second kappa shape index (κ2) is 8.86. The molecule has 0 radical (unpaired) electrons. The zero-order valence-corrected chi connectivity index (χ0v) is 14.5. The van der Waals surface area contributed by atoms with Crippen LogP contribution in [0.15, 0.2) is 36.4 Å². The second-order valence-corrected chi connectivity index (χ2v) is 5.43. The fourth-order valence-electron chi connectivity index (χ4n) is 2.41. The number of ether oxygens (including phenoxy) is 1. The molecular weight excluding hydrogens is 361 g/mol. The summed E-state index contributed by atoms with van der Waals surface area (Å²) in [6.07, 6.45) is 0.912. The summed E-state index contributed by atoms with van der Waals surface area (Å²) in [5.41, 5.74) is 0.767. The van der Waals surface area contributed by atoms with Gasteiger partial charge in [0, 0.05) is 18.3 Å². The number of benzene rings is 2. The number of hydrogen-bond donors (Lipinski definition) is 4. The van der Waals surface area contributed by atoms with Gasteiger partial charge in [-0.15, -0.1) is 3.89 Å². The Morgan fingerprint density at radius 1 is 1.27 bits per heavy atom. The van der Waals surface area contributed by atoms with Crippen molar-refractivity contribution in [1.29, 1.82) is 5.41 Å². The summed E-state index contributed by atoms with van der Waals surface area (Å²) in [4.78, 5) is 23.6. The molecule has 0 atom stereocenters. The van der Waals surface area contributed by atoms with Crippen molar-refractivity contribution in [2.75, 3.05) is 11.8 Å². The summed E-state index contributed by atoms with van der Waals surface area (Å²) in [5.74, 6) is -1.24. The molecule has 0 saturated heterocycles. The molecule has 2 aromatic carbocycles. The molecule has 7 nitrogen and oxygen atoms in total. The largest absolute Gasteiger partial charge is 0.496 e. The monoisotopic (exact) mass is 377 g/mol. The van der Waals surface area contributed by atoms with Gasteiger partial charge in [-0.1, -0.05) is 18.2 Å². The molecule has 0 aromatic heterocycles. The van der Waals surface area contributed by atoms with Gasteiger partial charge in [-0.3, -0.25) is 4.79 Å². The molecule has 0 bridgehead atoms. The summed E-state index contributed by atoms with van der Waals surface area (Å²) < 4.78 is 20.0. The fraction of sp³-hybridized carbons (Fsp3) is 0.118. The van der Waals surface area contributed by atoms with Crippen LogP contribution < -0.4 is 14.8 Å². The highest BCUT2D eigenvalue weighted by Crippen LogP contribution is 2.27. The van der Waals surface area contributed by atoms with E-state index in [1.807, 2.05) is 0 Å². The number of methoxy groups -OCH3 is 1. The third-order valence-electron chi connectivity index (χ3n) is 3.64. The molecule has 2 rings (SSSR count). The van der Waals surface area contributed by atoms with E-state index in [4.69, 9.17) is 10.1 Å². The zero-order chi connectivity index (χ0) is 19.1. The molecule has 0 aliphatic rings. The van der Waals surface area contributed by atoms with Crippen molar-refractivity contribution >= 4 is 36.1 Å². The number of carbonyl (C=O) groups is 2. The predicted molar refractivity (Wildman–Crippen MR) is 97.8 cm³/mol. The molecule has 9 heteroatoms. The normalized spacial score (nSPS) is 10.1. The SMILES string of the molecule is COc1ccccc1C(=O)NCc1ccc(C(=O)O)c(NSF)c1C=N. The van der Waals surface area contributed by atoms with Crippen LogP contribution in [-0.2, 0) is 6.54 Å². The van der Waals surface area contributed by atoms with E-state index in [0.717, 1.165) is 6.21 Å². The lowest BCUT2D eigenvalue weighted by Crippen LogP contribution is -2.24. The van der Waals surface area contributed by atoms with Gasteiger partial charge in [0.2, 0.25) is 0 Å². The summed E-state index contributed by atoms with van der Waals surface area (Å²) in [6, 6.07) is 9.45. The number of anilines is 1. The first kappa shape index (κ1) is 19.3. The summed E-state index contributed by atoms with van der Waals surface area (Å²) >= 11 is -0.270. The Hall–Kier alpha value is -3.07. The minimum Gasteiger partial charge on any atom is -0.496 e. The summed E-state index contributed by atoms with van der Waals surface area (Å²) in [6.45, 7) is 0.0210. The standard InChI is InChI=1S/C17H16FN3O4S/c1-25-14-5-3-2-4-11(14)16(22)20-9-10-6-7-12(17(23)24)15(21-26-18)13(10)8-19/h2-8,19,21H,9H2,1H3,(H,20,22)(H,23,24). The van der Waals surface area contributed by atoms with E-state index in [9.17, 15) is 18.6 Å². The topological polar surface area (TPSA) is 112 Å². The van der Waals surface area contributed by atoms with Gasteiger partial charge in [0.25, 0.3) is 5.91 Å². The van der Waals surface area contributed by atoms with E-state index >= 15 is 0 Å². The number of rotatable bonds is 8. The van der Waals surface area contributed by atoms with Crippen LogP contribution in [0.4, 0.5) is 9.57 Å². The van der Waals surface area contributed by atoms with Gasteiger partial charge in [-0.25, -0.2) is 4.79 Å². The maximum absolute atomic E-state index is 12.6. The molecule has 0 heterocycles. The first-order valence-electron chi connectivity index (χ1n) is 7.38. The van der Waals surface area contributed by atoms with E-state index in [1.54, 1.807) is 24.3 Å². The maximum atomic E-state index is 12.6. The number of nitrogens with one attached hydrogen (secondary N) is 3. The van der Waals surface area contributed by atoms with Gasteiger partial charge in [0.15, 0.2) is 12.3 Å². The highest BCUT2D eigenvalue weighted by Gasteiger charge is 2.18. The number of carboxylic acids is 1. The fourth-order valence-corrected chi connectivity index (χ4v) is 2.71. The predicted octanol–water partition coefficient (Wildman–Crippen LogP) is 3.27. The molecule has 0 saturated carbocycles. The van der Waals surface area contributed by atoms with Gasteiger partial charge in [0.05, 0.1) is 23.9 Å². The maximum Gasteiger partial charge on any atom is 0.337 e. The third-order valence-corrected chi connectivity index (χ3v) is 3.92. The molecule has 0 fully saturated rings. The van der Waals surface area contributed by atoms with Crippen molar-refractivity contribution in [2.45, 2.75) is 6.54 Å². The summed E-state index contributed by atoms with van der Waals surface area (Å²) in [7, 11) is 1.45. The molecule has 4 N–H and O–H groups in total. The average Bonchev–Trinajstić information content (AvgIpc) is 2.65. The Bertz CT molecular complexity index is 845. The molecule has 1 amide bonds. The van der Waals surface area contributed by atoms with E-state index in [1.165, 1.54) is 19.2 Å². The quantitative estimate of drug-likeness (QED) is 0.415. The van der Waals surface area contributed by atoms with Crippen molar-refractivity contribution < 1.29 is 23.3 Å². The molecule has 136 valence electrons. The van der Waals surface area contributed by atoms with E-state index in [0.29, 0.717) is 16.9 Å². The number of aromatic carboxylic acids is 1. The lowest BCUT2D eigenvalue weighted by atomic mass is 10.0. The number of halogens is 1. The van der Waals surface area contributed by atoms with Crippen molar-refractivity contribution in [3.8, 4) is 5.75 Å². The lowest BCUT2D eigenvalue weighted by molar-refractivity contribution is 0.0697. The Balaban J connectivity index is 2.29. The van der Waals surface area contributed by atoms with Crippen LogP contribution in [0.1, 0.15) is 31.8 Å². The number of carboxylic acid groups (broad SMARTS) is 1. The van der Waals surface area contributed by atoms with Crippen LogP contribution in [-0.4, -0.2) is 30.3 Å². The van der Waals surface area contributed by atoms with Gasteiger partial charge < -0.3 is 25.3 Å². The van der Waals surface area contributed by atoms with Crippen LogP contribution >= 0.6 is 12.3 Å². The molecule has 0 unspecified atom stereocenters. The Kier molecular flexibility index (Phi) is 6.56. The Morgan fingerprint density at radius 2 is 2.00 bits per heavy atom. The number of hydrogen-bond acceptors (Lipinski definition) is 6. The Morgan fingerprint density at radius 3 is 2.62 bits per heavy atom. The zero-order valence-electron chi connectivity index (χ0n) is 13.7. The second-order valence-electron chi connectivity index (χ2n) is 5.07. The summed E-state index contributed by atoms with van der Waals surface area (Å²) in [5, 5.41) is 19.4. The number of amides is 1. The molecule has 26 heavy (non-hydrogen) atoms. The van der Waals surface area contributed by atoms with E-state index < -0.39 is 11.9 Å². The van der Waals surface area contributed by atoms with Crippen LogP contribution in [0.5, 0.6) is 5.75 Å². The van der Waals surface area contributed by atoms with Crippen LogP contribution in [0.3, 0.4) is 0 Å². The first-order chi connectivity index (χ1) is 12.5. The van der Waals surface area contributed by atoms with E-state index in [2.05, 4.69) is 10.0 Å². The third kappa shape index (κ3) is 4.12. The highest BCUT2D eigenvalue weighted by atomic mass is 32.2. The minimum absolute atomic E-state index is 0.0210. The average molecular weight is 377 g/mol. The van der Waals surface area contributed by atoms with Crippen LogP contribution in [0.25, 0.3) is 0 Å². The number of carbonyl (C=O) groups excluding carboxylic acids is 1. The van der Waals surface area contributed by atoms with Crippen molar-refractivity contribution in [1.82, 2.24) is 5.32 Å². The Labute approximate surface area is 153 Å².